The third-order valence-corrected chi connectivity index (χ3v) is 9.21. The van der Waals surface area contributed by atoms with E-state index in [2.05, 4.69) is 63.3 Å². The smallest absolute Gasteiger partial charge is 0.192 e. The third-order valence-electron chi connectivity index (χ3n) is 3.83. The normalized spacial score (nSPS) is 14.4. The molecule has 19 heavy (non-hydrogen) atoms. The molecule has 0 amide bonds. The Bertz CT molecular complexity index is 381. The van der Waals surface area contributed by atoms with Crippen molar-refractivity contribution in [2.45, 2.75) is 51.5 Å². The molecule has 0 aromatic carbocycles. The van der Waals surface area contributed by atoms with Crippen molar-refractivity contribution >= 4 is 19.7 Å². The van der Waals surface area contributed by atoms with Gasteiger partial charge in [-0.15, -0.1) is 17.9 Å². The molecule has 1 atom stereocenters. The summed E-state index contributed by atoms with van der Waals surface area (Å²) in [5.41, 5.74) is 0. The van der Waals surface area contributed by atoms with Crippen molar-refractivity contribution in [1.29, 1.82) is 0 Å². The van der Waals surface area contributed by atoms with Gasteiger partial charge in [-0.25, -0.2) is 0 Å². The van der Waals surface area contributed by atoms with E-state index >= 15 is 0 Å². The molecule has 1 aromatic heterocycles. The molecule has 1 rings (SSSR count). The topological polar surface area (TPSA) is 21.3 Å². The average Bonchev–Trinajstić information content (AvgIpc) is 2.80. The Kier molecular flexibility index (Phi) is 5.99. The highest BCUT2D eigenvalue weighted by Gasteiger charge is 2.37. The number of rotatable bonds is 7. The van der Waals surface area contributed by atoms with Crippen LogP contribution in [0.25, 0.3) is 0 Å². The summed E-state index contributed by atoms with van der Waals surface area (Å²) < 4.78 is 6.23. The molecule has 0 aliphatic carbocycles. The molecular weight excluding hydrogens is 270 g/mol. The number of hydrogen-bond donors (Lipinski definition) is 1. The molecule has 4 heteroatoms. The van der Waals surface area contributed by atoms with Crippen molar-refractivity contribution in [3.8, 4) is 0 Å². The lowest BCUT2D eigenvalue weighted by Crippen LogP contribution is -2.44. The predicted octanol–water partition coefficient (Wildman–Crippen LogP) is 4.41. The Balaban J connectivity index is 2.43. The van der Waals surface area contributed by atoms with Gasteiger partial charge >= 0.3 is 0 Å². The van der Waals surface area contributed by atoms with Gasteiger partial charge in [0.25, 0.3) is 0 Å². The second kappa shape index (κ2) is 6.84. The molecule has 0 fully saturated rings. The zero-order valence-electron chi connectivity index (χ0n) is 12.8. The van der Waals surface area contributed by atoms with Crippen LogP contribution in [0.4, 0.5) is 0 Å². The zero-order valence-corrected chi connectivity index (χ0v) is 14.6. The molecule has 1 aromatic rings. The maximum atomic E-state index is 6.23. The van der Waals surface area contributed by atoms with Gasteiger partial charge in [0, 0.05) is 17.5 Å². The van der Waals surface area contributed by atoms with Crippen LogP contribution in [-0.4, -0.2) is 21.0 Å². The van der Waals surface area contributed by atoms with Crippen LogP contribution in [0.3, 0.4) is 0 Å². The predicted molar refractivity (Wildman–Crippen MR) is 88.3 cm³/mol. The minimum absolute atomic E-state index is 0.219. The summed E-state index contributed by atoms with van der Waals surface area (Å²) in [6, 6.07) is 4.44. The molecule has 0 aliphatic heterocycles. The Morgan fingerprint density at radius 2 is 2.16 bits per heavy atom. The highest BCUT2D eigenvalue weighted by molar-refractivity contribution is 7.09. The Hall–Kier alpha value is -0.423. The summed E-state index contributed by atoms with van der Waals surface area (Å²) in [4.78, 5) is 1.35. The summed E-state index contributed by atoms with van der Waals surface area (Å²) in [6.07, 6.45) is 1.95. The number of hydrogen-bond acceptors (Lipinski definition) is 3. The van der Waals surface area contributed by atoms with E-state index in [4.69, 9.17) is 4.43 Å². The van der Waals surface area contributed by atoms with Crippen LogP contribution in [0.2, 0.25) is 18.1 Å². The van der Waals surface area contributed by atoms with Crippen LogP contribution in [0.5, 0.6) is 0 Å². The Labute approximate surface area is 123 Å². The van der Waals surface area contributed by atoms with E-state index < -0.39 is 8.32 Å². The number of thiophene rings is 1. The second-order valence-corrected chi connectivity index (χ2v) is 12.2. The SMILES string of the molecule is C=CC(CO[Si](C)(C)C(C)(C)C)NCc1cccs1. The molecule has 108 valence electrons. The Morgan fingerprint density at radius 3 is 2.63 bits per heavy atom. The van der Waals surface area contributed by atoms with Gasteiger partial charge in [-0.3, -0.25) is 0 Å². The quantitative estimate of drug-likeness (QED) is 0.594. The van der Waals surface area contributed by atoms with E-state index in [1.54, 1.807) is 11.3 Å². The summed E-state index contributed by atoms with van der Waals surface area (Å²) >= 11 is 1.77. The lowest BCUT2D eigenvalue weighted by Gasteiger charge is -2.37. The lowest BCUT2D eigenvalue weighted by atomic mass is 10.2. The van der Waals surface area contributed by atoms with E-state index in [1.807, 2.05) is 6.08 Å². The molecule has 1 N–H and O–H groups in total. The van der Waals surface area contributed by atoms with E-state index in [-0.39, 0.29) is 11.1 Å². The molecule has 0 bridgehead atoms. The van der Waals surface area contributed by atoms with E-state index in [9.17, 15) is 0 Å². The molecule has 0 aliphatic rings. The average molecular weight is 298 g/mol. The van der Waals surface area contributed by atoms with Crippen LogP contribution in [0, 0.1) is 0 Å². The van der Waals surface area contributed by atoms with Crippen LogP contribution >= 0.6 is 11.3 Å². The highest BCUT2D eigenvalue weighted by atomic mass is 32.1. The standard InChI is InChI=1S/C15H27NOSSi/c1-7-13(16-11-14-9-8-10-18-14)12-17-19(5,6)15(2,3)4/h7-10,13,16H,1,11-12H2,2-6H3. The summed E-state index contributed by atoms with van der Waals surface area (Å²) in [6.45, 7) is 16.9. The van der Waals surface area contributed by atoms with Gasteiger partial charge in [0.1, 0.15) is 0 Å². The molecule has 1 heterocycles. The summed E-state index contributed by atoms with van der Waals surface area (Å²) in [5.74, 6) is 0. The van der Waals surface area contributed by atoms with Crippen molar-refractivity contribution in [3.05, 3.63) is 35.0 Å². The largest absolute Gasteiger partial charge is 0.415 e. The fourth-order valence-electron chi connectivity index (χ4n) is 1.37. The fourth-order valence-corrected chi connectivity index (χ4v) is 3.05. The first-order chi connectivity index (χ1) is 8.76. The van der Waals surface area contributed by atoms with E-state index in [0.717, 1.165) is 6.54 Å². The van der Waals surface area contributed by atoms with Crippen LogP contribution in [0.1, 0.15) is 25.6 Å². The molecule has 0 saturated heterocycles. The van der Waals surface area contributed by atoms with Gasteiger partial charge < -0.3 is 9.74 Å². The summed E-state index contributed by atoms with van der Waals surface area (Å²) in [7, 11) is -1.66. The first-order valence-electron chi connectivity index (χ1n) is 6.78. The van der Waals surface area contributed by atoms with Crippen LogP contribution in [0.15, 0.2) is 30.2 Å². The van der Waals surface area contributed by atoms with Gasteiger partial charge in [-0.05, 0) is 29.6 Å². The Morgan fingerprint density at radius 1 is 1.47 bits per heavy atom. The maximum Gasteiger partial charge on any atom is 0.192 e. The molecule has 0 radical (unpaired) electrons. The maximum absolute atomic E-state index is 6.23. The number of nitrogens with one attached hydrogen (secondary N) is 1. The van der Waals surface area contributed by atoms with Crippen molar-refractivity contribution in [1.82, 2.24) is 5.32 Å². The van der Waals surface area contributed by atoms with Gasteiger partial charge in [-0.1, -0.05) is 32.9 Å². The molecule has 0 spiro atoms. The second-order valence-electron chi connectivity index (χ2n) is 6.37. The van der Waals surface area contributed by atoms with Gasteiger partial charge in [-0.2, -0.15) is 0 Å². The first kappa shape index (κ1) is 16.6. The minimum atomic E-state index is -1.66. The van der Waals surface area contributed by atoms with E-state index in [1.165, 1.54) is 4.88 Å². The van der Waals surface area contributed by atoms with Gasteiger partial charge in [0.15, 0.2) is 8.32 Å². The molecular formula is C15H27NOSSi. The van der Waals surface area contributed by atoms with Gasteiger partial charge in [0.05, 0.1) is 6.61 Å². The van der Waals surface area contributed by atoms with Crippen molar-refractivity contribution in [2.75, 3.05) is 6.61 Å². The van der Waals surface area contributed by atoms with E-state index in [0.29, 0.717) is 6.61 Å². The third kappa shape index (κ3) is 5.22. The van der Waals surface area contributed by atoms with Gasteiger partial charge in [0.2, 0.25) is 0 Å². The minimum Gasteiger partial charge on any atom is -0.415 e. The van der Waals surface area contributed by atoms with Crippen LogP contribution < -0.4 is 5.32 Å². The monoisotopic (exact) mass is 297 g/mol. The van der Waals surface area contributed by atoms with Crippen LogP contribution in [-0.2, 0) is 11.0 Å². The first-order valence-corrected chi connectivity index (χ1v) is 10.6. The zero-order chi connectivity index (χ0) is 14.5. The summed E-state index contributed by atoms with van der Waals surface area (Å²) in [5, 5.41) is 5.85. The molecule has 1 unspecified atom stereocenters. The fraction of sp³-hybridized carbons (Fsp3) is 0.600. The van der Waals surface area contributed by atoms with Crippen molar-refractivity contribution < 1.29 is 4.43 Å². The van der Waals surface area contributed by atoms with Crippen molar-refractivity contribution in [2.24, 2.45) is 0 Å². The van der Waals surface area contributed by atoms with Crippen molar-refractivity contribution in [3.63, 3.8) is 0 Å². The lowest BCUT2D eigenvalue weighted by molar-refractivity contribution is 0.261. The highest BCUT2D eigenvalue weighted by Crippen LogP contribution is 2.36. The molecule has 2 nitrogen and oxygen atoms in total. The molecule has 0 saturated carbocycles.